The molecule has 6 rings (SSSR count). The first-order valence-electron chi connectivity index (χ1n) is 15.5. The molecule has 226 valence electrons. The highest BCUT2D eigenvalue weighted by Gasteiger charge is 2.42. The number of anilines is 1. The van der Waals surface area contributed by atoms with Crippen molar-refractivity contribution in [3.05, 3.63) is 70.9 Å². The summed E-state index contributed by atoms with van der Waals surface area (Å²) in [6.07, 6.45) is 2.23. The number of aryl methyl sites for hydroxylation is 1. The Morgan fingerprint density at radius 3 is 2.35 bits per heavy atom. The number of fused-ring (bicyclic) bond motifs is 2. The number of aromatic nitrogens is 1. The van der Waals surface area contributed by atoms with Gasteiger partial charge in [-0.2, -0.15) is 0 Å². The van der Waals surface area contributed by atoms with E-state index in [1.807, 2.05) is 76.2 Å². The van der Waals surface area contributed by atoms with Gasteiger partial charge >= 0.3 is 0 Å². The molecule has 2 atom stereocenters. The Bertz CT molecular complexity index is 1510. The summed E-state index contributed by atoms with van der Waals surface area (Å²) in [5, 5.41) is 1.70. The second-order valence-electron chi connectivity index (χ2n) is 12.4. The van der Waals surface area contributed by atoms with Crippen molar-refractivity contribution in [1.82, 2.24) is 19.7 Å². The number of nitrogens with zero attached hydrogens (tertiary/aromatic N) is 5. The number of carbonyl (C=O) groups is 3. The molecule has 0 spiro atoms. The Morgan fingerprint density at radius 1 is 0.930 bits per heavy atom. The fourth-order valence-electron chi connectivity index (χ4n) is 7.02. The highest BCUT2D eigenvalue weighted by atomic mass is 35.5. The van der Waals surface area contributed by atoms with Crippen LogP contribution >= 0.6 is 11.6 Å². The van der Waals surface area contributed by atoms with Gasteiger partial charge in [0.25, 0.3) is 5.91 Å². The summed E-state index contributed by atoms with van der Waals surface area (Å²) in [5.74, 6) is 1.04. The van der Waals surface area contributed by atoms with Crippen LogP contribution in [-0.4, -0.2) is 89.8 Å². The molecule has 4 heterocycles. The fraction of sp³-hybridized carbons (Fsp3) is 0.471. The molecule has 43 heavy (non-hydrogen) atoms. The largest absolute Gasteiger partial charge is 0.343 e. The van der Waals surface area contributed by atoms with Gasteiger partial charge in [-0.05, 0) is 74.4 Å². The van der Waals surface area contributed by atoms with E-state index in [1.165, 1.54) is 0 Å². The number of benzene rings is 2. The van der Waals surface area contributed by atoms with Crippen LogP contribution in [0.1, 0.15) is 42.2 Å². The van der Waals surface area contributed by atoms with Crippen molar-refractivity contribution in [3.8, 4) is 0 Å². The molecule has 0 radical (unpaired) electrons. The topological polar surface area (TPSA) is 77.1 Å². The molecule has 3 aliphatic rings. The molecule has 3 aromatic rings. The van der Waals surface area contributed by atoms with Crippen LogP contribution in [0.15, 0.2) is 54.6 Å². The Hall–Kier alpha value is -3.49. The van der Waals surface area contributed by atoms with E-state index in [0.29, 0.717) is 55.0 Å². The van der Waals surface area contributed by atoms with Crippen LogP contribution in [0.5, 0.6) is 0 Å². The molecule has 1 aromatic heterocycles. The summed E-state index contributed by atoms with van der Waals surface area (Å²) in [7, 11) is 0. The Morgan fingerprint density at radius 2 is 1.65 bits per heavy atom. The molecule has 3 fully saturated rings. The quantitative estimate of drug-likeness (QED) is 0.386. The average molecular weight is 602 g/mol. The van der Waals surface area contributed by atoms with Gasteiger partial charge < -0.3 is 19.6 Å². The predicted molar refractivity (Wildman–Crippen MR) is 169 cm³/mol. The van der Waals surface area contributed by atoms with Crippen LogP contribution in [-0.2, 0) is 9.59 Å². The van der Waals surface area contributed by atoms with Crippen LogP contribution in [0.3, 0.4) is 0 Å². The standard InChI is InChI=1S/C34H40ClN5O3/c1-23-8-10-29(18-30(23)35)40(33(42)26-12-16-38(17-13-26)24(2)41)15-5-14-37-19-27-21-39(22-28(27)20-37)34(43)32-11-9-25-6-3-4-7-31(25)36-32/h3-4,6-11,18,26-28H,5,12-17,19-22H2,1-2H3. The predicted octanol–water partition coefficient (Wildman–Crippen LogP) is 4.88. The third-order valence-corrected chi connectivity index (χ3v) is 9.95. The number of pyridine rings is 1. The maximum atomic E-state index is 13.8. The number of carbonyl (C=O) groups excluding carboxylic acids is 3. The molecule has 0 aliphatic carbocycles. The summed E-state index contributed by atoms with van der Waals surface area (Å²) in [6.45, 7) is 9.79. The first-order chi connectivity index (χ1) is 20.8. The second-order valence-corrected chi connectivity index (χ2v) is 12.8. The van der Waals surface area contributed by atoms with Crippen LogP contribution < -0.4 is 4.90 Å². The van der Waals surface area contributed by atoms with Crippen molar-refractivity contribution < 1.29 is 14.4 Å². The highest BCUT2D eigenvalue weighted by Crippen LogP contribution is 2.33. The highest BCUT2D eigenvalue weighted by molar-refractivity contribution is 6.31. The lowest BCUT2D eigenvalue weighted by Crippen LogP contribution is -2.44. The van der Waals surface area contributed by atoms with E-state index in [9.17, 15) is 14.4 Å². The van der Waals surface area contributed by atoms with Gasteiger partial charge in [0.1, 0.15) is 5.69 Å². The number of hydrogen-bond donors (Lipinski definition) is 0. The van der Waals surface area contributed by atoms with Gasteiger partial charge in [0, 0.05) is 74.8 Å². The van der Waals surface area contributed by atoms with Gasteiger partial charge in [-0.3, -0.25) is 14.4 Å². The van der Waals surface area contributed by atoms with E-state index < -0.39 is 0 Å². The number of likely N-dealkylation sites (tertiary alicyclic amines) is 3. The van der Waals surface area contributed by atoms with Gasteiger partial charge in [0.15, 0.2) is 0 Å². The van der Waals surface area contributed by atoms with E-state index in [-0.39, 0.29) is 23.6 Å². The summed E-state index contributed by atoms with van der Waals surface area (Å²) in [5.41, 5.74) is 3.19. The van der Waals surface area contributed by atoms with E-state index in [4.69, 9.17) is 11.6 Å². The van der Waals surface area contributed by atoms with Gasteiger partial charge in [-0.1, -0.05) is 41.9 Å². The van der Waals surface area contributed by atoms with E-state index in [1.54, 1.807) is 6.92 Å². The molecule has 3 amide bonds. The smallest absolute Gasteiger partial charge is 0.272 e. The fourth-order valence-corrected chi connectivity index (χ4v) is 7.19. The van der Waals surface area contributed by atoms with Crippen molar-refractivity contribution in [2.75, 3.05) is 57.3 Å². The number of piperidine rings is 1. The number of amides is 3. The molecular formula is C34H40ClN5O3. The molecular weight excluding hydrogens is 562 g/mol. The molecule has 8 nitrogen and oxygen atoms in total. The van der Waals surface area contributed by atoms with E-state index >= 15 is 0 Å². The second kappa shape index (κ2) is 12.6. The molecule has 3 aliphatic heterocycles. The van der Waals surface area contributed by atoms with Crippen LogP contribution in [0.2, 0.25) is 5.02 Å². The minimum atomic E-state index is -0.0950. The van der Waals surface area contributed by atoms with Crippen LogP contribution in [0, 0.1) is 24.7 Å². The lowest BCUT2D eigenvalue weighted by molar-refractivity contribution is -0.133. The maximum absolute atomic E-state index is 13.8. The molecule has 3 saturated heterocycles. The SMILES string of the molecule is CC(=O)N1CCC(C(=O)N(CCCN2CC3CN(C(=O)c4ccc5ccccc5n4)CC3C2)c2ccc(C)c(Cl)c2)CC1. The Kier molecular flexibility index (Phi) is 8.68. The number of para-hydroxylation sites is 1. The van der Waals surface area contributed by atoms with Gasteiger partial charge in [-0.15, -0.1) is 0 Å². The molecule has 9 heteroatoms. The number of halogens is 1. The minimum Gasteiger partial charge on any atom is -0.343 e. The monoisotopic (exact) mass is 601 g/mol. The number of hydrogen-bond acceptors (Lipinski definition) is 5. The Balaban J connectivity index is 1.04. The number of rotatable bonds is 7. The maximum Gasteiger partial charge on any atom is 0.272 e. The summed E-state index contributed by atoms with van der Waals surface area (Å²) >= 11 is 6.47. The zero-order valence-electron chi connectivity index (χ0n) is 25.0. The first-order valence-corrected chi connectivity index (χ1v) is 15.8. The zero-order valence-corrected chi connectivity index (χ0v) is 25.8. The van der Waals surface area contributed by atoms with E-state index in [0.717, 1.165) is 61.3 Å². The third kappa shape index (κ3) is 6.41. The van der Waals surface area contributed by atoms with Crippen LogP contribution in [0.25, 0.3) is 10.9 Å². The zero-order chi connectivity index (χ0) is 30.1. The normalized spacial score (nSPS) is 20.9. The van der Waals surface area contributed by atoms with Crippen molar-refractivity contribution in [2.45, 2.75) is 33.1 Å². The van der Waals surface area contributed by atoms with Crippen LogP contribution in [0.4, 0.5) is 5.69 Å². The molecule has 0 bridgehead atoms. The van der Waals surface area contributed by atoms with Gasteiger partial charge in [0.2, 0.25) is 11.8 Å². The van der Waals surface area contributed by atoms with E-state index in [2.05, 4.69) is 9.88 Å². The Labute approximate surface area is 258 Å². The van der Waals surface area contributed by atoms with Crippen molar-refractivity contribution in [2.24, 2.45) is 17.8 Å². The summed E-state index contributed by atoms with van der Waals surface area (Å²) in [4.78, 5) is 51.6. The van der Waals surface area contributed by atoms with Crippen molar-refractivity contribution in [3.63, 3.8) is 0 Å². The van der Waals surface area contributed by atoms with Crippen molar-refractivity contribution >= 4 is 45.9 Å². The summed E-state index contributed by atoms with van der Waals surface area (Å²) in [6, 6.07) is 17.6. The lowest BCUT2D eigenvalue weighted by Gasteiger charge is -2.34. The molecule has 0 saturated carbocycles. The van der Waals surface area contributed by atoms with Gasteiger partial charge in [0.05, 0.1) is 5.52 Å². The van der Waals surface area contributed by atoms with Crippen molar-refractivity contribution in [1.29, 1.82) is 0 Å². The minimum absolute atomic E-state index is 0.0201. The lowest BCUT2D eigenvalue weighted by atomic mass is 9.94. The average Bonchev–Trinajstić information content (AvgIpc) is 3.59. The third-order valence-electron chi connectivity index (χ3n) is 9.55. The van der Waals surface area contributed by atoms with Gasteiger partial charge in [-0.25, -0.2) is 4.98 Å². The molecule has 2 unspecified atom stereocenters. The first kappa shape index (κ1) is 29.6. The molecule has 0 N–H and O–H groups in total. The molecule has 2 aromatic carbocycles. The summed E-state index contributed by atoms with van der Waals surface area (Å²) < 4.78 is 0.